The van der Waals surface area contributed by atoms with Crippen LogP contribution in [0.1, 0.15) is 0 Å². The van der Waals surface area contributed by atoms with Gasteiger partial charge in [-0.2, -0.15) is 0 Å². The summed E-state index contributed by atoms with van der Waals surface area (Å²) >= 11 is 1.68. The van der Waals surface area contributed by atoms with Gasteiger partial charge in [-0.1, -0.05) is 11.8 Å². The molecular formula is C14H18N4O3S. The number of non-ortho nitro benzene ring substituents is 1. The minimum Gasteiger partial charge on any atom is -0.379 e. The van der Waals surface area contributed by atoms with E-state index >= 15 is 0 Å². The number of morpholine rings is 1. The van der Waals surface area contributed by atoms with Crippen molar-refractivity contribution in [2.75, 3.05) is 38.6 Å². The van der Waals surface area contributed by atoms with Gasteiger partial charge in [0.05, 0.1) is 29.2 Å². The zero-order valence-electron chi connectivity index (χ0n) is 12.4. The van der Waals surface area contributed by atoms with Crippen molar-refractivity contribution < 1.29 is 9.66 Å². The van der Waals surface area contributed by atoms with Crippen molar-refractivity contribution in [2.45, 2.75) is 5.16 Å². The summed E-state index contributed by atoms with van der Waals surface area (Å²) in [6, 6.07) is 4.81. The van der Waals surface area contributed by atoms with Crippen LogP contribution in [0.3, 0.4) is 0 Å². The van der Waals surface area contributed by atoms with Crippen LogP contribution in [-0.4, -0.2) is 58.0 Å². The highest BCUT2D eigenvalue weighted by molar-refractivity contribution is 7.99. The molecule has 1 aliphatic rings. The molecule has 2 heterocycles. The molecule has 1 aromatic heterocycles. The van der Waals surface area contributed by atoms with Crippen LogP contribution in [0.5, 0.6) is 0 Å². The molecule has 3 rings (SSSR count). The van der Waals surface area contributed by atoms with E-state index in [0.717, 1.165) is 49.3 Å². The summed E-state index contributed by atoms with van der Waals surface area (Å²) in [7, 11) is 1.94. The standard InChI is InChI=1S/C14H18N4O3S/c1-16-13-3-2-11(18(19)20)10-12(13)15-14(16)22-9-6-17-4-7-21-8-5-17/h2-3,10H,4-9H2,1H3. The molecule has 0 bridgehead atoms. The third-order valence-electron chi connectivity index (χ3n) is 3.78. The van der Waals surface area contributed by atoms with Crippen molar-refractivity contribution in [1.29, 1.82) is 0 Å². The second-order valence-corrected chi connectivity index (χ2v) is 6.25. The topological polar surface area (TPSA) is 73.4 Å². The van der Waals surface area contributed by atoms with Gasteiger partial charge in [0.2, 0.25) is 0 Å². The monoisotopic (exact) mass is 322 g/mol. The quantitative estimate of drug-likeness (QED) is 0.475. The molecule has 0 spiro atoms. The number of rotatable bonds is 5. The molecular weight excluding hydrogens is 304 g/mol. The van der Waals surface area contributed by atoms with Gasteiger partial charge in [0.15, 0.2) is 5.16 Å². The zero-order valence-corrected chi connectivity index (χ0v) is 13.2. The number of hydrogen-bond acceptors (Lipinski definition) is 6. The van der Waals surface area contributed by atoms with Crippen LogP contribution in [0.2, 0.25) is 0 Å². The van der Waals surface area contributed by atoms with Crippen molar-refractivity contribution in [3.8, 4) is 0 Å². The fraction of sp³-hybridized carbons (Fsp3) is 0.500. The van der Waals surface area contributed by atoms with E-state index in [1.165, 1.54) is 12.1 Å². The van der Waals surface area contributed by atoms with Crippen LogP contribution in [0.4, 0.5) is 5.69 Å². The van der Waals surface area contributed by atoms with Gasteiger partial charge < -0.3 is 9.30 Å². The highest BCUT2D eigenvalue weighted by Gasteiger charge is 2.14. The Bertz CT molecular complexity index is 682. The van der Waals surface area contributed by atoms with E-state index in [1.807, 2.05) is 11.6 Å². The number of hydrogen-bond donors (Lipinski definition) is 0. The Hall–Kier alpha value is -1.64. The molecule has 0 radical (unpaired) electrons. The lowest BCUT2D eigenvalue weighted by molar-refractivity contribution is -0.384. The SMILES string of the molecule is Cn1c(SCCN2CCOCC2)nc2cc([N+](=O)[O-])ccc21. The fourth-order valence-corrected chi connectivity index (χ4v) is 3.49. The molecule has 7 nitrogen and oxygen atoms in total. The van der Waals surface area contributed by atoms with Gasteiger partial charge in [-0.3, -0.25) is 15.0 Å². The second-order valence-electron chi connectivity index (χ2n) is 5.19. The largest absolute Gasteiger partial charge is 0.379 e. The summed E-state index contributed by atoms with van der Waals surface area (Å²) < 4.78 is 7.32. The van der Waals surface area contributed by atoms with Gasteiger partial charge in [0.1, 0.15) is 0 Å². The number of aryl methyl sites for hydroxylation is 1. The lowest BCUT2D eigenvalue weighted by atomic mass is 10.3. The maximum absolute atomic E-state index is 10.8. The van der Waals surface area contributed by atoms with E-state index in [4.69, 9.17) is 4.74 Å². The van der Waals surface area contributed by atoms with Crippen molar-refractivity contribution in [3.05, 3.63) is 28.3 Å². The Morgan fingerprint density at radius 2 is 2.18 bits per heavy atom. The summed E-state index contributed by atoms with van der Waals surface area (Å²) in [5, 5.41) is 11.7. The van der Waals surface area contributed by atoms with Gasteiger partial charge in [-0.15, -0.1) is 0 Å². The van der Waals surface area contributed by atoms with Crippen LogP contribution in [0.15, 0.2) is 23.4 Å². The maximum atomic E-state index is 10.8. The van der Waals surface area contributed by atoms with E-state index in [1.54, 1.807) is 17.8 Å². The summed E-state index contributed by atoms with van der Waals surface area (Å²) in [5.41, 5.74) is 1.67. The number of aromatic nitrogens is 2. The number of fused-ring (bicyclic) bond motifs is 1. The van der Waals surface area contributed by atoms with Gasteiger partial charge in [0, 0.05) is 44.6 Å². The smallest absolute Gasteiger partial charge is 0.271 e. The molecule has 0 atom stereocenters. The molecule has 2 aromatic rings. The van der Waals surface area contributed by atoms with Crippen LogP contribution >= 0.6 is 11.8 Å². The molecule has 1 saturated heterocycles. The first kappa shape index (κ1) is 15.3. The van der Waals surface area contributed by atoms with Gasteiger partial charge in [0.25, 0.3) is 5.69 Å². The van der Waals surface area contributed by atoms with Crippen LogP contribution in [0, 0.1) is 10.1 Å². The predicted octanol–water partition coefficient (Wildman–Crippen LogP) is 1.91. The first-order valence-electron chi connectivity index (χ1n) is 7.19. The molecule has 1 aromatic carbocycles. The number of nitro groups is 1. The zero-order chi connectivity index (χ0) is 15.5. The first-order chi connectivity index (χ1) is 10.6. The molecule has 0 aliphatic carbocycles. The van der Waals surface area contributed by atoms with Crippen LogP contribution < -0.4 is 0 Å². The fourth-order valence-electron chi connectivity index (χ4n) is 2.50. The van der Waals surface area contributed by atoms with E-state index < -0.39 is 0 Å². The van der Waals surface area contributed by atoms with Crippen molar-refractivity contribution in [3.63, 3.8) is 0 Å². The number of nitro benzene ring substituents is 1. The Morgan fingerprint density at radius 3 is 2.91 bits per heavy atom. The number of benzene rings is 1. The van der Waals surface area contributed by atoms with Gasteiger partial charge >= 0.3 is 0 Å². The molecule has 1 fully saturated rings. The number of ether oxygens (including phenoxy) is 1. The average molecular weight is 322 g/mol. The molecule has 8 heteroatoms. The van der Waals surface area contributed by atoms with E-state index in [9.17, 15) is 10.1 Å². The molecule has 0 unspecified atom stereocenters. The summed E-state index contributed by atoms with van der Waals surface area (Å²) in [6.07, 6.45) is 0. The Balaban J connectivity index is 1.68. The molecule has 118 valence electrons. The van der Waals surface area contributed by atoms with Gasteiger partial charge in [-0.05, 0) is 6.07 Å². The number of thioether (sulfide) groups is 1. The lowest BCUT2D eigenvalue weighted by Gasteiger charge is -2.26. The van der Waals surface area contributed by atoms with E-state index in [-0.39, 0.29) is 10.6 Å². The van der Waals surface area contributed by atoms with E-state index in [0.29, 0.717) is 5.52 Å². The highest BCUT2D eigenvalue weighted by atomic mass is 32.2. The Morgan fingerprint density at radius 1 is 1.41 bits per heavy atom. The molecule has 0 saturated carbocycles. The van der Waals surface area contributed by atoms with Crippen LogP contribution in [0.25, 0.3) is 11.0 Å². The maximum Gasteiger partial charge on any atom is 0.271 e. The first-order valence-corrected chi connectivity index (χ1v) is 8.17. The third-order valence-corrected chi connectivity index (χ3v) is 4.79. The summed E-state index contributed by atoms with van der Waals surface area (Å²) in [6.45, 7) is 4.57. The number of imidazole rings is 1. The van der Waals surface area contributed by atoms with Crippen molar-refractivity contribution >= 4 is 28.5 Å². The average Bonchev–Trinajstić information content (AvgIpc) is 2.84. The Kier molecular flexibility index (Phi) is 4.60. The second kappa shape index (κ2) is 6.64. The Labute approximate surface area is 132 Å². The summed E-state index contributed by atoms with van der Waals surface area (Å²) in [5.74, 6) is 0.944. The number of nitrogens with zero attached hydrogens (tertiary/aromatic N) is 4. The third kappa shape index (κ3) is 3.23. The van der Waals surface area contributed by atoms with Gasteiger partial charge in [-0.25, -0.2) is 4.98 Å². The normalized spacial score (nSPS) is 16.2. The molecule has 1 aliphatic heterocycles. The molecule has 22 heavy (non-hydrogen) atoms. The van der Waals surface area contributed by atoms with Crippen molar-refractivity contribution in [1.82, 2.24) is 14.5 Å². The lowest BCUT2D eigenvalue weighted by Crippen LogP contribution is -2.37. The summed E-state index contributed by atoms with van der Waals surface area (Å²) in [4.78, 5) is 17.3. The molecule has 0 N–H and O–H groups in total. The van der Waals surface area contributed by atoms with Crippen LogP contribution in [-0.2, 0) is 11.8 Å². The minimum absolute atomic E-state index is 0.0791. The van der Waals surface area contributed by atoms with Crippen molar-refractivity contribution in [2.24, 2.45) is 7.05 Å². The molecule has 0 amide bonds. The highest BCUT2D eigenvalue weighted by Crippen LogP contribution is 2.25. The van der Waals surface area contributed by atoms with E-state index in [2.05, 4.69) is 9.88 Å². The minimum atomic E-state index is -0.390. The predicted molar refractivity (Wildman–Crippen MR) is 85.4 cm³/mol.